The molecule has 0 aromatic heterocycles. The lowest BCUT2D eigenvalue weighted by molar-refractivity contribution is -0.104. The number of nitrogens with zero attached hydrogens (tertiary/aromatic N) is 1. The molecule has 0 saturated carbocycles. The highest BCUT2D eigenvalue weighted by atomic mass is 16.2. The minimum atomic E-state index is -0.512. The minimum absolute atomic E-state index is 0.334. The van der Waals surface area contributed by atoms with Gasteiger partial charge in [0.25, 0.3) is 0 Å². The maximum absolute atomic E-state index is 11.5. The van der Waals surface area contributed by atoms with Gasteiger partial charge in [0, 0.05) is 22.6 Å². The first-order chi connectivity index (χ1) is 11.3. The Kier molecular flexibility index (Phi) is 4.29. The zero-order valence-corrected chi connectivity index (χ0v) is 12.4. The molecule has 0 aliphatic rings. The molecule has 0 heterocycles. The van der Waals surface area contributed by atoms with Crippen molar-refractivity contribution in [2.45, 2.75) is 0 Å². The molecule has 0 aliphatic heterocycles. The van der Waals surface area contributed by atoms with Crippen LogP contribution in [-0.2, 0) is 4.79 Å². The first kappa shape index (κ1) is 14.7. The van der Waals surface area contributed by atoms with Gasteiger partial charge in [-0.1, -0.05) is 36.4 Å². The monoisotopic (exact) mass is 301 g/mol. The Hall–Kier alpha value is -3.20. The number of carbonyl (C=O) groups is 2. The van der Waals surface area contributed by atoms with Crippen LogP contribution < -0.4 is 4.90 Å². The number of anilines is 3. The average molecular weight is 301 g/mol. The molecular weight excluding hydrogens is 286 g/mol. The molecule has 3 rings (SSSR count). The molecular formula is C20H15NO2. The molecule has 3 heteroatoms. The summed E-state index contributed by atoms with van der Waals surface area (Å²) in [5.41, 5.74) is 3.36. The maximum atomic E-state index is 11.5. The summed E-state index contributed by atoms with van der Waals surface area (Å²) in [4.78, 5) is 24.2. The first-order valence-electron chi connectivity index (χ1n) is 7.29. The normalized spacial score (nSPS) is 10.1. The Balaban J connectivity index is 2.06. The van der Waals surface area contributed by atoms with Gasteiger partial charge in [0.1, 0.15) is 0 Å². The maximum Gasteiger partial charge on any atom is 0.225 e. The molecule has 0 bridgehead atoms. The quantitative estimate of drug-likeness (QED) is 0.394. The molecule has 0 atom stereocenters. The van der Waals surface area contributed by atoms with Crippen molar-refractivity contribution in [1.82, 2.24) is 0 Å². The third-order valence-corrected chi connectivity index (χ3v) is 3.55. The van der Waals surface area contributed by atoms with E-state index in [0.717, 1.165) is 17.1 Å². The third-order valence-electron chi connectivity index (χ3n) is 3.55. The Bertz CT molecular complexity index is 757. The van der Waals surface area contributed by atoms with Gasteiger partial charge in [-0.05, 0) is 48.5 Å². The fourth-order valence-corrected chi connectivity index (χ4v) is 2.44. The molecule has 112 valence electrons. The van der Waals surface area contributed by atoms with Crippen LogP contribution >= 0.6 is 0 Å². The highest BCUT2D eigenvalue weighted by Crippen LogP contribution is 2.33. The van der Waals surface area contributed by atoms with Crippen LogP contribution in [0.25, 0.3) is 0 Å². The molecule has 3 aromatic carbocycles. The van der Waals surface area contributed by atoms with E-state index < -0.39 is 5.78 Å². The summed E-state index contributed by atoms with van der Waals surface area (Å²) >= 11 is 0. The van der Waals surface area contributed by atoms with Gasteiger partial charge in [-0.15, -0.1) is 0 Å². The molecule has 3 aromatic rings. The Morgan fingerprint density at radius 3 is 1.52 bits per heavy atom. The molecule has 0 N–H and O–H groups in total. The fraction of sp³-hybridized carbons (Fsp3) is 0. The van der Waals surface area contributed by atoms with Crippen molar-refractivity contribution in [3.8, 4) is 0 Å². The first-order valence-corrected chi connectivity index (χ1v) is 7.29. The van der Waals surface area contributed by atoms with Gasteiger partial charge < -0.3 is 4.90 Å². The van der Waals surface area contributed by atoms with E-state index in [1.54, 1.807) is 12.1 Å². The van der Waals surface area contributed by atoms with Gasteiger partial charge in [-0.3, -0.25) is 9.59 Å². The van der Waals surface area contributed by atoms with Crippen molar-refractivity contribution in [2.24, 2.45) is 0 Å². The van der Waals surface area contributed by atoms with Gasteiger partial charge in [-0.25, -0.2) is 0 Å². The summed E-state index contributed by atoms with van der Waals surface area (Å²) in [5.74, 6) is -0.512. The molecule has 0 radical (unpaired) electrons. The van der Waals surface area contributed by atoms with Crippen molar-refractivity contribution in [3.63, 3.8) is 0 Å². The highest BCUT2D eigenvalue weighted by molar-refractivity contribution is 6.33. The third kappa shape index (κ3) is 3.19. The van der Waals surface area contributed by atoms with Crippen LogP contribution in [0, 0.1) is 0 Å². The van der Waals surface area contributed by atoms with E-state index in [-0.39, 0.29) is 0 Å². The number of hydrogen-bond donors (Lipinski definition) is 0. The Labute approximate surface area is 134 Å². The summed E-state index contributed by atoms with van der Waals surface area (Å²) in [6, 6.07) is 27.0. The van der Waals surface area contributed by atoms with E-state index in [1.165, 1.54) is 0 Å². The van der Waals surface area contributed by atoms with Crippen molar-refractivity contribution in [2.75, 3.05) is 4.90 Å². The van der Waals surface area contributed by atoms with Crippen LogP contribution in [0.5, 0.6) is 0 Å². The number of rotatable bonds is 5. The van der Waals surface area contributed by atoms with E-state index >= 15 is 0 Å². The van der Waals surface area contributed by atoms with Crippen LogP contribution in [0.1, 0.15) is 10.4 Å². The second-order valence-corrected chi connectivity index (χ2v) is 5.04. The zero-order valence-electron chi connectivity index (χ0n) is 12.4. The minimum Gasteiger partial charge on any atom is -0.311 e. The number of Topliss-reactive ketones (excluding diaryl/α,β-unsaturated/α-hetero) is 1. The van der Waals surface area contributed by atoms with Crippen molar-refractivity contribution >= 4 is 29.1 Å². The van der Waals surface area contributed by atoms with E-state index in [2.05, 4.69) is 4.90 Å². The standard InChI is InChI=1S/C20H15NO2/c22-15-20(23)16-11-13-19(14-12-16)21(17-7-3-1-4-8-17)18-9-5-2-6-10-18/h1-15H. The SMILES string of the molecule is O=CC(=O)c1ccc(N(c2ccccc2)c2ccccc2)cc1. The summed E-state index contributed by atoms with van der Waals surface area (Å²) in [5, 5.41) is 0. The lowest BCUT2D eigenvalue weighted by Gasteiger charge is -2.25. The summed E-state index contributed by atoms with van der Waals surface area (Å²) in [6.07, 6.45) is 0.334. The number of hydrogen-bond acceptors (Lipinski definition) is 3. The number of carbonyl (C=O) groups excluding carboxylic acids is 2. The largest absolute Gasteiger partial charge is 0.311 e. The predicted molar refractivity (Wildman–Crippen MR) is 91.5 cm³/mol. The van der Waals surface area contributed by atoms with E-state index in [1.807, 2.05) is 72.8 Å². The summed E-state index contributed by atoms with van der Waals surface area (Å²) in [6.45, 7) is 0. The summed E-state index contributed by atoms with van der Waals surface area (Å²) in [7, 11) is 0. The zero-order chi connectivity index (χ0) is 16.1. The van der Waals surface area contributed by atoms with Gasteiger partial charge >= 0.3 is 0 Å². The van der Waals surface area contributed by atoms with Gasteiger partial charge in [0.05, 0.1) is 0 Å². The average Bonchev–Trinajstić information content (AvgIpc) is 2.64. The second-order valence-electron chi connectivity index (χ2n) is 5.04. The van der Waals surface area contributed by atoms with Gasteiger partial charge in [-0.2, -0.15) is 0 Å². The smallest absolute Gasteiger partial charge is 0.225 e. The molecule has 0 fully saturated rings. The number of ketones is 1. The van der Waals surface area contributed by atoms with E-state index in [4.69, 9.17) is 0 Å². The molecule has 0 amide bonds. The molecule has 3 nitrogen and oxygen atoms in total. The molecule has 0 aliphatic carbocycles. The summed E-state index contributed by atoms with van der Waals surface area (Å²) < 4.78 is 0. The Morgan fingerprint density at radius 1 is 0.652 bits per heavy atom. The molecule has 0 spiro atoms. The molecule has 0 saturated heterocycles. The Morgan fingerprint density at radius 2 is 1.09 bits per heavy atom. The van der Waals surface area contributed by atoms with Gasteiger partial charge in [0.15, 0.2) is 6.29 Å². The van der Waals surface area contributed by atoms with Crippen molar-refractivity contribution < 1.29 is 9.59 Å². The van der Waals surface area contributed by atoms with Crippen LogP contribution in [0.3, 0.4) is 0 Å². The topological polar surface area (TPSA) is 37.4 Å². The van der Waals surface area contributed by atoms with Gasteiger partial charge in [0.2, 0.25) is 5.78 Å². The predicted octanol–water partition coefficient (Wildman–Crippen LogP) is 4.54. The van der Waals surface area contributed by atoms with Crippen molar-refractivity contribution in [3.05, 3.63) is 90.5 Å². The highest BCUT2D eigenvalue weighted by Gasteiger charge is 2.12. The van der Waals surface area contributed by atoms with Crippen LogP contribution in [0.4, 0.5) is 17.1 Å². The second kappa shape index (κ2) is 6.71. The number of aldehydes is 1. The number of para-hydroxylation sites is 2. The van der Waals surface area contributed by atoms with Crippen LogP contribution in [-0.4, -0.2) is 12.1 Å². The van der Waals surface area contributed by atoms with Crippen molar-refractivity contribution in [1.29, 1.82) is 0 Å². The lowest BCUT2D eigenvalue weighted by Crippen LogP contribution is -2.10. The molecule has 0 unspecified atom stereocenters. The lowest BCUT2D eigenvalue weighted by atomic mass is 10.1. The number of benzene rings is 3. The van der Waals surface area contributed by atoms with Crippen LogP contribution in [0.2, 0.25) is 0 Å². The fourth-order valence-electron chi connectivity index (χ4n) is 2.44. The molecule has 23 heavy (non-hydrogen) atoms. The van der Waals surface area contributed by atoms with E-state index in [9.17, 15) is 9.59 Å². The van der Waals surface area contributed by atoms with E-state index in [0.29, 0.717) is 11.8 Å². The van der Waals surface area contributed by atoms with Crippen LogP contribution in [0.15, 0.2) is 84.9 Å².